The molecule has 2 nitrogen and oxygen atoms in total. The van der Waals surface area contributed by atoms with E-state index in [1.165, 1.54) is 87.2 Å². The number of aromatic nitrogens is 2. The predicted molar refractivity (Wildman–Crippen MR) is 214 cm³/mol. The van der Waals surface area contributed by atoms with Crippen LogP contribution >= 0.6 is 0 Å². The molecule has 0 aliphatic rings. The smallest absolute Gasteiger partial charge is 0.0545 e. The van der Waals surface area contributed by atoms with Crippen LogP contribution in [-0.4, -0.2) is 9.97 Å². The average Bonchev–Trinajstić information content (AvgIpc) is 3.75. The zero-order valence-electron chi connectivity index (χ0n) is 27.2. The van der Waals surface area contributed by atoms with Gasteiger partial charge in [-0.3, -0.25) is 0 Å². The van der Waals surface area contributed by atoms with Crippen molar-refractivity contribution in [3.05, 3.63) is 170 Å². The number of nitrogens with one attached hydrogen (secondary N) is 2. The van der Waals surface area contributed by atoms with Crippen LogP contribution in [0.5, 0.6) is 0 Å². The molecule has 232 valence electrons. The molecule has 0 saturated heterocycles. The second-order valence-electron chi connectivity index (χ2n) is 13.4. The molecule has 0 spiro atoms. The van der Waals surface area contributed by atoms with E-state index in [1.54, 1.807) is 0 Å². The second kappa shape index (κ2) is 10.4. The first-order valence-corrected chi connectivity index (χ1v) is 17.3. The number of fused-ring (bicyclic) bond motifs is 9. The van der Waals surface area contributed by atoms with Crippen LogP contribution in [0, 0.1) is 0 Å². The molecule has 50 heavy (non-hydrogen) atoms. The fourth-order valence-electron chi connectivity index (χ4n) is 8.49. The highest BCUT2D eigenvalue weighted by Gasteiger charge is 2.21. The Labute approximate surface area is 288 Å². The van der Waals surface area contributed by atoms with Crippen molar-refractivity contribution >= 4 is 75.9 Å². The Morgan fingerprint density at radius 3 is 1.48 bits per heavy atom. The molecule has 0 aliphatic heterocycles. The number of para-hydroxylation sites is 2. The Morgan fingerprint density at radius 1 is 0.280 bits per heavy atom. The largest absolute Gasteiger partial charge is 0.355 e. The van der Waals surface area contributed by atoms with Crippen LogP contribution < -0.4 is 0 Å². The first-order chi connectivity index (χ1) is 24.8. The van der Waals surface area contributed by atoms with Crippen LogP contribution in [0.3, 0.4) is 0 Å². The Bertz CT molecular complexity index is 3090. The molecule has 0 radical (unpaired) electrons. The molecule has 0 amide bonds. The fraction of sp³-hybridized carbons (Fsp3) is 0. The maximum atomic E-state index is 3.87. The van der Waals surface area contributed by atoms with Gasteiger partial charge >= 0.3 is 0 Å². The topological polar surface area (TPSA) is 31.6 Å². The monoisotopic (exact) mass is 634 g/mol. The lowest BCUT2D eigenvalue weighted by Crippen LogP contribution is -1.93. The van der Waals surface area contributed by atoms with Gasteiger partial charge in [0.25, 0.3) is 0 Å². The predicted octanol–water partition coefficient (Wildman–Crippen LogP) is 13.4. The molecule has 9 aromatic carbocycles. The van der Waals surface area contributed by atoms with Crippen molar-refractivity contribution in [3.63, 3.8) is 0 Å². The lowest BCUT2D eigenvalue weighted by molar-refractivity contribution is 1.54. The minimum atomic E-state index is 1.15. The summed E-state index contributed by atoms with van der Waals surface area (Å²) in [7, 11) is 0. The third kappa shape index (κ3) is 3.90. The summed E-state index contributed by atoms with van der Waals surface area (Å²) in [6.45, 7) is 0. The van der Waals surface area contributed by atoms with Gasteiger partial charge in [0.2, 0.25) is 0 Å². The van der Waals surface area contributed by atoms with E-state index < -0.39 is 0 Å². The van der Waals surface area contributed by atoms with Crippen molar-refractivity contribution in [2.24, 2.45) is 0 Å². The zero-order chi connectivity index (χ0) is 32.8. The molecule has 0 bridgehead atoms. The minimum Gasteiger partial charge on any atom is -0.355 e. The third-order valence-electron chi connectivity index (χ3n) is 10.7. The first-order valence-electron chi connectivity index (χ1n) is 17.3. The molecular formula is C48H30N2. The second-order valence-corrected chi connectivity index (χ2v) is 13.4. The number of rotatable bonds is 3. The SMILES string of the molecule is c1ccc2c(-c3c4ccccc4c(-c4cc(-c5ccc6[nH]c7ccccc7c6c5)cc5c4[nH]c4ccccc45)c4ccccc34)cccc2c1. The summed E-state index contributed by atoms with van der Waals surface area (Å²) in [6, 6.07) is 62.3. The van der Waals surface area contributed by atoms with E-state index >= 15 is 0 Å². The van der Waals surface area contributed by atoms with Crippen molar-refractivity contribution in [3.8, 4) is 33.4 Å². The summed E-state index contributed by atoms with van der Waals surface area (Å²) >= 11 is 0. The minimum absolute atomic E-state index is 1.15. The highest BCUT2D eigenvalue weighted by Crippen LogP contribution is 2.48. The zero-order valence-corrected chi connectivity index (χ0v) is 27.2. The van der Waals surface area contributed by atoms with Gasteiger partial charge in [-0.25, -0.2) is 0 Å². The molecule has 2 heteroatoms. The fourth-order valence-corrected chi connectivity index (χ4v) is 8.49. The Hall–Kier alpha value is -6.64. The number of H-pyrrole nitrogens is 2. The number of benzene rings is 9. The highest BCUT2D eigenvalue weighted by molar-refractivity contribution is 6.26. The van der Waals surface area contributed by atoms with Gasteiger partial charge in [-0.15, -0.1) is 0 Å². The average molecular weight is 635 g/mol. The molecule has 2 heterocycles. The van der Waals surface area contributed by atoms with Crippen molar-refractivity contribution in [1.29, 1.82) is 0 Å². The molecule has 2 N–H and O–H groups in total. The molecule has 0 unspecified atom stereocenters. The number of hydrogen-bond donors (Lipinski definition) is 2. The Kier molecular flexibility index (Phi) is 5.70. The van der Waals surface area contributed by atoms with E-state index in [-0.39, 0.29) is 0 Å². The summed E-state index contributed by atoms with van der Waals surface area (Å²) in [5.74, 6) is 0. The van der Waals surface area contributed by atoms with Crippen LogP contribution in [0.4, 0.5) is 0 Å². The number of aromatic amines is 2. The molecule has 0 aliphatic carbocycles. The number of hydrogen-bond acceptors (Lipinski definition) is 0. The summed E-state index contributed by atoms with van der Waals surface area (Å²) in [4.78, 5) is 7.48. The van der Waals surface area contributed by atoms with E-state index in [0.717, 1.165) is 22.1 Å². The van der Waals surface area contributed by atoms with E-state index in [0.29, 0.717) is 0 Å². The summed E-state index contributed by atoms with van der Waals surface area (Å²) < 4.78 is 0. The van der Waals surface area contributed by atoms with Gasteiger partial charge in [0, 0.05) is 43.7 Å². The Morgan fingerprint density at radius 2 is 0.780 bits per heavy atom. The van der Waals surface area contributed by atoms with Gasteiger partial charge in [-0.2, -0.15) is 0 Å². The van der Waals surface area contributed by atoms with Crippen molar-refractivity contribution in [2.45, 2.75) is 0 Å². The van der Waals surface area contributed by atoms with E-state index in [4.69, 9.17) is 0 Å². The molecule has 11 aromatic rings. The van der Waals surface area contributed by atoms with E-state index in [2.05, 4.69) is 180 Å². The van der Waals surface area contributed by atoms with Gasteiger partial charge in [-0.1, -0.05) is 133 Å². The maximum absolute atomic E-state index is 3.87. The van der Waals surface area contributed by atoms with Crippen LogP contribution in [0.2, 0.25) is 0 Å². The van der Waals surface area contributed by atoms with Crippen LogP contribution in [0.15, 0.2) is 170 Å². The van der Waals surface area contributed by atoms with Crippen LogP contribution in [-0.2, 0) is 0 Å². The molecule has 2 aromatic heterocycles. The van der Waals surface area contributed by atoms with Gasteiger partial charge in [-0.05, 0) is 96.5 Å². The molecule has 0 fully saturated rings. The van der Waals surface area contributed by atoms with Gasteiger partial charge < -0.3 is 9.97 Å². The first kappa shape index (κ1) is 27.3. The van der Waals surface area contributed by atoms with Crippen molar-refractivity contribution < 1.29 is 0 Å². The molecular weight excluding hydrogens is 605 g/mol. The van der Waals surface area contributed by atoms with Gasteiger partial charge in [0.15, 0.2) is 0 Å². The van der Waals surface area contributed by atoms with Gasteiger partial charge in [0.05, 0.1) is 5.52 Å². The van der Waals surface area contributed by atoms with E-state index in [1.807, 2.05) is 0 Å². The quantitative estimate of drug-likeness (QED) is 0.181. The molecule has 0 saturated carbocycles. The highest BCUT2D eigenvalue weighted by atomic mass is 14.7. The van der Waals surface area contributed by atoms with Gasteiger partial charge in [0.1, 0.15) is 0 Å². The summed E-state index contributed by atoms with van der Waals surface area (Å²) in [5.41, 5.74) is 12.1. The van der Waals surface area contributed by atoms with Crippen LogP contribution in [0.1, 0.15) is 0 Å². The maximum Gasteiger partial charge on any atom is 0.0545 e. The van der Waals surface area contributed by atoms with Crippen molar-refractivity contribution in [2.75, 3.05) is 0 Å². The normalized spacial score (nSPS) is 12.0. The van der Waals surface area contributed by atoms with Crippen LogP contribution in [0.25, 0.3) is 109 Å². The lowest BCUT2D eigenvalue weighted by atomic mass is 9.83. The summed E-state index contributed by atoms with van der Waals surface area (Å²) in [5, 5.41) is 12.5. The summed E-state index contributed by atoms with van der Waals surface area (Å²) in [6.07, 6.45) is 0. The Balaban J connectivity index is 1.27. The molecule has 11 rings (SSSR count). The third-order valence-corrected chi connectivity index (χ3v) is 10.7. The van der Waals surface area contributed by atoms with Crippen molar-refractivity contribution in [1.82, 2.24) is 9.97 Å². The molecule has 0 atom stereocenters. The van der Waals surface area contributed by atoms with E-state index in [9.17, 15) is 0 Å². The lowest BCUT2D eigenvalue weighted by Gasteiger charge is -2.20. The standard InChI is InChI=1S/C48H30N2/c1-2-14-32-29(12-1)13-11-21-35(32)46-36-17-3-5-19-38(36)47(39-20-6-4-18-37(39)46)42-28-31(27-41-34-16-8-10-23-44(34)50-48(41)42)30-24-25-45-40(26-30)33-15-7-9-22-43(33)49-45/h1-28,49-50H.